The lowest BCUT2D eigenvalue weighted by Gasteiger charge is -2.11. The van der Waals surface area contributed by atoms with Crippen molar-refractivity contribution in [1.82, 2.24) is 4.90 Å². The van der Waals surface area contributed by atoms with Crippen LogP contribution in [0.2, 0.25) is 5.02 Å². The Kier molecular flexibility index (Phi) is 5.91. The second-order valence-corrected chi connectivity index (χ2v) is 6.33. The van der Waals surface area contributed by atoms with Gasteiger partial charge in [0.1, 0.15) is 5.75 Å². The van der Waals surface area contributed by atoms with Crippen LogP contribution in [0.1, 0.15) is 31.7 Å². The minimum absolute atomic E-state index is 0.202. The summed E-state index contributed by atoms with van der Waals surface area (Å²) in [6, 6.07) is 5.25. The van der Waals surface area contributed by atoms with Crippen LogP contribution in [0.4, 0.5) is 4.79 Å². The third-order valence-electron chi connectivity index (χ3n) is 3.33. The Morgan fingerprint density at radius 2 is 2.09 bits per heavy atom. The molecule has 0 radical (unpaired) electrons. The number of imide groups is 1. The maximum Gasteiger partial charge on any atom is 0.293 e. The van der Waals surface area contributed by atoms with Crippen molar-refractivity contribution < 1.29 is 14.3 Å². The van der Waals surface area contributed by atoms with Crippen molar-refractivity contribution in [2.75, 3.05) is 13.7 Å². The summed E-state index contributed by atoms with van der Waals surface area (Å²) in [5, 5.41) is 0.269. The predicted octanol–water partition coefficient (Wildman–Crippen LogP) is 4.58. The van der Waals surface area contributed by atoms with Crippen molar-refractivity contribution in [3.05, 3.63) is 33.7 Å². The van der Waals surface area contributed by atoms with Crippen LogP contribution in [-0.2, 0) is 4.79 Å². The summed E-state index contributed by atoms with van der Waals surface area (Å²) in [5.74, 6) is 0.351. The summed E-state index contributed by atoms with van der Waals surface area (Å²) in [7, 11) is 1.54. The molecule has 4 nitrogen and oxygen atoms in total. The summed E-state index contributed by atoms with van der Waals surface area (Å²) < 4.78 is 5.09. The Balaban J connectivity index is 2.14. The molecule has 1 aliphatic heterocycles. The summed E-state index contributed by atoms with van der Waals surface area (Å²) in [5.41, 5.74) is 0.768. The molecule has 0 aliphatic carbocycles. The maximum atomic E-state index is 12.3. The Labute approximate surface area is 139 Å². The van der Waals surface area contributed by atoms with E-state index in [4.69, 9.17) is 16.3 Å². The monoisotopic (exact) mass is 339 g/mol. The van der Waals surface area contributed by atoms with Gasteiger partial charge in [-0.2, -0.15) is 0 Å². The molecule has 2 amide bonds. The highest BCUT2D eigenvalue weighted by Crippen LogP contribution is 2.33. The van der Waals surface area contributed by atoms with Gasteiger partial charge in [0.15, 0.2) is 0 Å². The molecule has 0 bridgehead atoms. The van der Waals surface area contributed by atoms with Gasteiger partial charge in [-0.05, 0) is 42.0 Å². The Morgan fingerprint density at radius 3 is 2.73 bits per heavy atom. The molecule has 118 valence electrons. The first kappa shape index (κ1) is 16.9. The fourth-order valence-corrected chi connectivity index (χ4v) is 3.27. The smallest absolute Gasteiger partial charge is 0.293 e. The number of benzene rings is 1. The van der Waals surface area contributed by atoms with Crippen LogP contribution in [0.3, 0.4) is 0 Å². The summed E-state index contributed by atoms with van der Waals surface area (Å²) in [6.45, 7) is 2.57. The molecule has 1 aliphatic rings. The van der Waals surface area contributed by atoms with Crippen molar-refractivity contribution in [3.63, 3.8) is 0 Å². The molecule has 0 aromatic heterocycles. The average molecular weight is 340 g/mol. The number of hydrogen-bond donors (Lipinski definition) is 0. The first-order valence-electron chi connectivity index (χ1n) is 7.15. The third kappa shape index (κ3) is 3.84. The number of carbonyl (C=O) groups is 2. The van der Waals surface area contributed by atoms with E-state index in [0.29, 0.717) is 22.2 Å². The number of unbranched alkanes of at least 4 members (excludes halogenated alkanes) is 2. The highest BCUT2D eigenvalue weighted by Gasteiger charge is 2.34. The van der Waals surface area contributed by atoms with Crippen molar-refractivity contribution >= 4 is 40.6 Å². The van der Waals surface area contributed by atoms with Gasteiger partial charge in [-0.25, -0.2) is 0 Å². The largest absolute Gasteiger partial charge is 0.495 e. The van der Waals surface area contributed by atoms with Gasteiger partial charge in [0.05, 0.1) is 17.0 Å². The lowest BCUT2D eigenvalue weighted by atomic mass is 10.2. The Bertz CT molecular complexity index is 615. The van der Waals surface area contributed by atoms with Gasteiger partial charge in [0.2, 0.25) is 0 Å². The van der Waals surface area contributed by atoms with Crippen LogP contribution in [0.15, 0.2) is 23.1 Å². The Hall–Kier alpha value is -1.46. The van der Waals surface area contributed by atoms with Gasteiger partial charge in [0, 0.05) is 6.54 Å². The van der Waals surface area contributed by atoms with Gasteiger partial charge < -0.3 is 4.74 Å². The molecule has 0 N–H and O–H groups in total. The molecule has 1 aromatic rings. The van der Waals surface area contributed by atoms with E-state index in [2.05, 4.69) is 6.92 Å². The molecule has 0 saturated carbocycles. The van der Waals surface area contributed by atoms with Crippen molar-refractivity contribution in [3.8, 4) is 5.75 Å². The van der Waals surface area contributed by atoms with Gasteiger partial charge in [0.25, 0.3) is 11.1 Å². The van der Waals surface area contributed by atoms with Crippen molar-refractivity contribution in [1.29, 1.82) is 0 Å². The third-order valence-corrected chi connectivity index (χ3v) is 4.54. The molecular weight excluding hydrogens is 322 g/mol. The number of hydrogen-bond acceptors (Lipinski definition) is 4. The number of halogens is 1. The molecule has 1 aromatic carbocycles. The molecule has 2 rings (SSSR count). The van der Waals surface area contributed by atoms with E-state index >= 15 is 0 Å². The standard InChI is InChI=1S/C16H18ClNO3S/c1-3-4-5-8-18-15(19)14(22-16(18)20)10-11-6-7-13(21-2)12(17)9-11/h6-7,9-10H,3-5,8H2,1-2H3/b14-10-. The zero-order valence-electron chi connectivity index (χ0n) is 12.6. The Morgan fingerprint density at radius 1 is 1.32 bits per heavy atom. The van der Waals surface area contributed by atoms with Crippen LogP contribution in [-0.4, -0.2) is 29.7 Å². The van der Waals surface area contributed by atoms with Gasteiger partial charge >= 0.3 is 0 Å². The number of carbonyl (C=O) groups excluding carboxylic acids is 2. The van der Waals surface area contributed by atoms with E-state index in [9.17, 15) is 9.59 Å². The van der Waals surface area contributed by atoms with E-state index in [0.717, 1.165) is 36.6 Å². The van der Waals surface area contributed by atoms with Crippen LogP contribution in [0.5, 0.6) is 5.75 Å². The average Bonchev–Trinajstić information content (AvgIpc) is 2.75. The number of amides is 2. The van der Waals surface area contributed by atoms with E-state index in [-0.39, 0.29) is 11.1 Å². The van der Waals surface area contributed by atoms with E-state index < -0.39 is 0 Å². The van der Waals surface area contributed by atoms with Gasteiger partial charge in [-0.15, -0.1) is 0 Å². The zero-order chi connectivity index (χ0) is 16.1. The molecule has 0 atom stereocenters. The molecule has 0 spiro atoms. The predicted molar refractivity (Wildman–Crippen MR) is 90.2 cm³/mol. The van der Waals surface area contributed by atoms with Crippen LogP contribution < -0.4 is 4.74 Å². The number of nitrogens with zero attached hydrogens (tertiary/aromatic N) is 1. The number of methoxy groups -OCH3 is 1. The number of rotatable bonds is 6. The number of ether oxygens (including phenoxy) is 1. The molecule has 1 fully saturated rings. The van der Waals surface area contributed by atoms with Crippen LogP contribution >= 0.6 is 23.4 Å². The minimum Gasteiger partial charge on any atom is -0.495 e. The normalized spacial score (nSPS) is 16.7. The molecule has 6 heteroatoms. The lowest BCUT2D eigenvalue weighted by Crippen LogP contribution is -2.29. The van der Waals surface area contributed by atoms with E-state index in [1.807, 2.05) is 0 Å². The summed E-state index contributed by atoms with van der Waals surface area (Å²) in [4.78, 5) is 26.0. The highest BCUT2D eigenvalue weighted by atomic mass is 35.5. The molecule has 1 saturated heterocycles. The first-order chi connectivity index (χ1) is 10.6. The highest BCUT2D eigenvalue weighted by molar-refractivity contribution is 8.18. The summed E-state index contributed by atoms with van der Waals surface area (Å²) >= 11 is 7.04. The van der Waals surface area contributed by atoms with E-state index in [1.165, 1.54) is 4.90 Å². The molecule has 22 heavy (non-hydrogen) atoms. The van der Waals surface area contributed by atoms with E-state index in [1.54, 1.807) is 31.4 Å². The molecule has 1 heterocycles. The second kappa shape index (κ2) is 7.70. The first-order valence-corrected chi connectivity index (χ1v) is 8.35. The van der Waals surface area contributed by atoms with Gasteiger partial charge in [-0.1, -0.05) is 37.4 Å². The second-order valence-electron chi connectivity index (χ2n) is 4.93. The SMILES string of the molecule is CCCCCN1C(=O)S/C(=C\c2ccc(OC)c(Cl)c2)C1=O. The zero-order valence-corrected chi connectivity index (χ0v) is 14.2. The van der Waals surface area contributed by atoms with Crippen LogP contribution in [0, 0.1) is 0 Å². The number of thioether (sulfide) groups is 1. The maximum absolute atomic E-state index is 12.3. The van der Waals surface area contributed by atoms with Gasteiger partial charge in [-0.3, -0.25) is 14.5 Å². The fraction of sp³-hybridized carbons (Fsp3) is 0.375. The van der Waals surface area contributed by atoms with Crippen LogP contribution in [0.25, 0.3) is 6.08 Å². The van der Waals surface area contributed by atoms with Crippen molar-refractivity contribution in [2.24, 2.45) is 0 Å². The quantitative estimate of drug-likeness (QED) is 0.562. The van der Waals surface area contributed by atoms with Crippen molar-refractivity contribution in [2.45, 2.75) is 26.2 Å². The molecule has 0 unspecified atom stereocenters. The fourth-order valence-electron chi connectivity index (χ4n) is 2.14. The topological polar surface area (TPSA) is 46.6 Å². The lowest BCUT2D eigenvalue weighted by molar-refractivity contribution is -0.122. The minimum atomic E-state index is -0.224. The molecular formula is C16H18ClNO3S. The summed E-state index contributed by atoms with van der Waals surface area (Å²) in [6.07, 6.45) is 4.59.